The molecule has 2 N–H and O–H groups in total. The number of hydrogen-bond donors (Lipinski definition) is 2. The van der Waals surface area contributed by atoms with E-state index in [0.717, 1.165) is 77.1 Å². The minimum atomic E-state index is -0.516. The summed E-state index contributed by atoms with van der Waals surface area (Å²) in [6, 6.07) is 48.1. The SMILES string of the molecule is COC(COc1ccc(C)cc1-c1cc(C(C)(C)C)cc(-n2c3ccc(C(C)(C)C)cc3c3cc(C(C)(C)C)ccc32)c1O)COc1ccc(N(C)C)cc1-c1cc(C(C)(C)C)cc(-n2c3ccc(C(C)(C)C)cc3c3cc(C(C)(C)C)ccc32)c1O. The van der Waals surface area contributed by atoms with Crippen molar-refractivity contribution in [1.82, 2.24) is 9.13 Å². The quantitative estimate of drug-likeness (QED) is 0.127. The van der Waals surface area contributed by atoms with Crippen molar-refractivity contribution in [1.29, 1.82) is 0 Å². The van der Waals surface area contributed by atoms with E-state index in [1.165, 1.54) is 22.3 Å². The minimum absolute atomic E-state index is 0.0556. The van der Waals surface area contributed by atoms with E-state index in [9.17, 15) is 10.2 Å². The van der Waals surface area contributed by atoms with Crippen LogP contribution in [0.2, 0.25) is 0 Å². The number of methoxy groups -OCH3 is 1. The van der Waals surface area contributed by atoms with E-state index in [0.29, 0.717) is 34.0 Å². The molecule has 0 bridgehead atoms. The zero-order valence-electron chi connectivity index (χ0n) is 56.2. The summed E-state index contributed by atoms with van der Waals surface area (Å²) in [6.07, 6.45) is -0.516. The molecule has 0 aliphatic carbocycles. The number of aromatic hydroxyl groups is 2. The van der Waals surface area contributed by atoms with Crippen LogP contribution in [0.5, 0.6) is 23.0 Å². The second-order valence-electron chi connectivity index (χ2n) is 30.9. The summed E-state index contributed by atoms with van der Waals surface area (Å²) < 4.78 is 24.5. The Labute approximate surface area is 518 Å². The average molecular weight is 1170 g/mol. The van der Waals surface area contributed by atoms with E-state index < -0.39 is 6.10 Å². The van der Waals surface area contributed by atoms with Crippen molar-refractivity contribution in [2.75, 3.05) is 39.3 Å². The van der Waals surface area contributed by atoms with Gasteiger partial charge in [-0.15, -0.1) is 0 Å². The summed E-state index contributed by atoms with van der Waals surface area (Å²) in [6.45, 7) is 42.8. The number of nitrogens with zero attached hydrogens (tertiary/aromatic N) is 3. The van der Waals surface area contributed by atoms with Gasteiger partial charge >= 0.3 is 0 Å². The Morgan fingerprint density at radius 2 is 0.701 bits per heavy atom. The first-order valence-corrected chi connectivity index (χ1v) is 31.1. The predicted molar refractivity (Wildman–Crippen MR) is 369 cm³/mol. The van der Waals surface area contributed by atoms with Gasteiger partial charge in [-0.25, -0.2) is 0 Å². The number of anilines is 1. The van der Waals surface area contributed by atoms with Gasteiger partial charge in [0.15, 0.2) is 0 Å². The summed E-state index contributed by atoms with van der Waals surface area (Å²) in [7, 11) is 5.73. The first-order chi connectivity index (χ1) is 40.4. The maximum absolute atomic E-state index is 13.1. The molecular weight excluding hydrogens is 1070 g/mol. The lowest BCUT2D eigenvalue weighted by Crippen LogP contribution is -2.27. The van der Waals surface area contributed by atoms with E-state index in [2.05, 4.69) is 255 Å². The maximum atomic E-state index is 13.1. The van der Waals surface area contributed by atoms with E-state index >= 15 is 0 Å². The second-order valence-corrected chi connectivity index (χ2v) is 30.9. The van der Waals surface area contributed by atoms with Crippen molar-refractivity contribution in [3.8, 4) is 56.6 Å². The van der Waals surface area contributed by atoms with Crippen molar-refractivity contribution >= 4 is 49.3 Å². The molecule has 1 unspecified atom stereocenters. The summed E-state index contributed by atoms with van der Waals surface area (Å²) in [5.74, 6) is 1.54. The maximum Gasteiger partial charge on any atom is 0.147 e. The van der Waals surface area contributed by atoms with Crippen LogP contribution in [0, 0.1) is 6.92 Å². The number of benzene rings is 8. The Bertz CT molecular complexity index is 4140. The highest BCUT2D eigenvalue weighted by molar-refractivity contribution is 6.11. The third kappa shape index (κ3) is 12.1. The van der Waals surface area contributed by atoms with Crippen LogP contribution in [-0.4, -0.2) is 59.9 Å². The highest BCUT2D eigenvalue weighted by atomic mass is 16.6. The number of hydrogen-bond acceptors (Lipinski definition) is 6. The monoisotopic (exact) mass is 1170 g/mol. The molecule has 1 atom stereocenters. The van der Waals surface area contributed by atoms with Crippen LogP contribution >= 0.6 is 0 Å². The number of fused-ring (bicyclic) bond motifs is 6. The molecule has 0 saturated heterocycles. The molecule has 0 saturated carbocycles. The standard InChI is InChI=1S/C79H95N3O5/c1-47-23-33-70(60(35-47)62-40-52(78(14,15)16)42-68(72(62)83)81-64-29-24-48(74(2,3)4)36-56(64)57-37-49(75(5,6)7)25-30-65(57)81)86-45-55(85-22)46-87-71-34-28-54(80(20)21)44-61(71)63-41-53(79(17,18)19)43-69(73(63)84)82-66-31-26-50(76(8,9)10)38-58(66)59-39-51(77(11,12)13)27-32-67(59)82/h23-44,55,83-84H,45-46H2,1-22H3. The van der Waals surface area contributed by atoms with Gasteiger partial charge in [0.25, 0.3) is 0 Å². The van der Waals surface area contributed by atoms with Crippen LogP contribution in [0.4, 0.5) is 5.69 Å². The van der Waals surface area contributed by atoms with Crippen LogP contribution in [-0.2, 0) is 37.2 Å². The Kier molecular flexibility index (Phi) is 15.9. The lowest BCUT2D eigenvalue weighted by atomic mass is 9.84. The van der Waals surface area contributed by atoms with Gasteiger partial charge in [-0.1, -0.05) is 161 Å². The summed E-state index contributed by atoms with van der Waals surface area (Å²) in [4.78, 5) is 2.07. The van der Waals surface area contributed by atoms with Crippen LogP contribution in [0.1, 0.15) is 164 Å². The Morgan fingerprint density at radius 3 is 1.01 bits per heavy atom. The molecule has 8 aromatic carbocycles. The molecule has 0 spiro atoms. The number of aryl methyl sites for hydroxylation is 1. The van der Waals surface area contributed by atoms with Gasteiger partial charge in [0.05, 0.1) is 33.4 Å². The van der Waals surface area contributed by atoms with Gasteiger partial charge in [-0.3, -0.25) is 0 Å². The van der Waals surface area contributed by atoms with Crippen LogP contribution < -0.4 is 14.4 Å². The van der Waals surface area contributed by atoms with Crippen LogP contribution in [0.15, 0.2) is 133 Å². The van der Waals surface area contributed by atoms with E-state index in [1.54, 1.807) is 7.11 Å². The Morgan fingerprint density at radius 1 is 0.379 bits per heavy atom. The zero-order chi connectivity index (χ0) is 63.4. The number of rotatable bonds is 12. The second kappa shape index (κ2) is 22.2. The zero-order valence-corrected chi connectivity index (χ0v) is 56.2. The fraction of sp³-hybridized carbons (Fsp3) is 0.392. The molecule has 0 aliphatic heterocycles. The van der Waals surface area contributed by atoms with Gasteiger partial charge < -0.3 is 38.5 Å². The van der Waals surface area contributed by atoms with Gasteiger partial charge in [0, 0.05) is 70.7 Å². The third-order valence-corrected chi connectivity index (χ3v) is 17.8. The summed E-state index contributed by atoms with van der Waals surface area (Å²) >= 11 is 0. The molecule has 10 aromatic rings. The molecule has 0 amide bonds. The van der Waals surface area contributed by atoms with Crippen molar-refractivity contribution in [3.05, 3.63) is 172 Å². The predicted octanol–water partition coefficient (Wildman–Crippen LogP) is 20.3. The summed E-state index contributed by atoms with van der Waals surface area (Å²) in [5.41, 5.74) is 16.8. The van der Waals surface area contributed by atoms with Crippen LogP contribution in [0.25, 0.3) is 77.2 Å². The molecule has 10 rings (SSSR count). The highest BCUT2D eigenvalue weighted by Gasteiger charge is 2.30. The molecule has 0 radical (unpaired) electrons. The van der Waals surface area contributed by atoms with Gasteiger partial charge in [0.2, 0.25) is 0 Å². The van der Waals surface area contributed by atoms with E-state index in [4.69, 9.17) is 14.2 Å². The van der Waals surface area contributed by atoms with Gasteiger partial charge in [0.1, 0.15) is 42.3 Å². The van der Waals surface area contributed by atoms with E-state index in [-0.39, 0.29) is 57.2 Å². The Balaban J connectivity index is 1.04. The van der Waals surface area contributed by atoms with Crippen molar-refractivity contribution < 1.29 is 24.4 Å². The van der Waals surface area contributed by atoms with Crippen molar-refractivity contribution in [2.24, 2.45) is 0 Å². The molecule has 8 heteroatoms. The summed E-state index contributed by atoms with van der Waals surface area (Å²) in [5, 5.41) is 30.7. The number of ether oxygens (including phenoxy) is 3. The topological polar surface area (TPSA) is 81.3 Å². The lowest BCUT2D eigenvalue weighted by molar-refractivity contribution is 0.0240. The molecule has 0 aliphatic rings. The molecule has 87 heavy (non-hydrogen) atoms. The molecule has 456 valence electrons. The normalized spacial score (nSPS) is 13.4. The molecule has 8 nitrogen and oxygen atoms in total. The molecule has 2 aromatic heterocycles. The minimum Gasteiger partial charge on any atom is -0.505 e. The molecular formula is C79H95N3O5. The molecule has 2 heterocycles. The smallest absolute Gasteiger partial charge is 0.147 e. The van der Waals surface area contributed by atoms with Gasteiger partial charge in [-0.05, 0) is 176 Å². The number of phenols is 2. The van der Waals surface area contributed by atoms with E-state index in [1.807, 2.05) is 38.4 Å². The van der Waals surface area contributed by atoms with Crippen molar-refractivity contribution in [3.63, 3.8) is 0 Å². The first kappa shape index (κ1) is 62.4. The van der Waals surface area contributed by atoms with Crippen molar-refractivity contribution in [2.45, 2.75) is 170 Å². The fourth-order valence-electron chi connectivity index (χ4n) is 11.9. The number of phenolic OH excluding ortho intramolecular Hbond substituents is 2. The number of aromatic nitrogens is 2. The Hall–Kier alpha value is -7.68. The molecule has 0 fully saturated rings. The lowest BCUT2D eigenvalue weighted by Gasteiger charge is -2.26. The fourth-order valence-corrected chi connectivity index (χ4v) is 11.9. The first-order valence-electron chi connectivity index (χ1n) is 31.1. The third-order valence-electron chi connectivity index (χ3n) is 17.8. The largest absolute Gasteiger partial charge is 0.505 e. The van der Waals surface area contributed by atoms with Gasteiger partial charge in [-0.2, -0.15) is 0 Å². The van der Waals surface area contributed by atoms with Crippen LogP contribution in [0.3, 0.4) is 0 Å². The average Bonchev–Trinajstić information content (AvgIpc) is 1.63. The highest BCUT2D eigenvalue weighted by Crippen LogP contribution is 2.49.